The molecule has 0 aliphatic rings. The minimum atomic E-state index is -0.947. The predicted octanol–water partition coefficient (Wildman–Crippen LogP) is 2.43. The summed E-state index contributed by atoms with van der Waals surface area (Å²) < 4.78 is 1.85. The van der Waals surface area contributed by atoms with Gasteiger partial charge in [0.15, 0.2) is 5.65 Å². The average molecular weight is 253 g/mol. The van der Waals surface area contributed by atoms with E-state index in [1.54, 1.807) is 24.4 Å². The number of benzene rings is 1. The molecule has 0 saturated heterocycles. The number of carboxylic acids is 1. The Morgan fingerprint density at radius 2 is 2.11 bits per heavy atom. The molecular formula is C14H11N3O2. The van der Waals surface area contributed by atoms with Crippen molar-refractivity contribution in [3.8, 4) is 5.69 Å². The summed E-state index contributed by atoms with van der Waals surface area (Å²) in [7, 11) is 0. The van der Waals surface area contributed by atoms with Gasteiger partial charge < -0.3 is 5.11 Å². The number of imidazole rings is 1. The Bertz CT molecular complexity index is 777. The fourth-order valence-corrected chi connectivity index (χ4v) is 2.11. The molecule has 3 aromatic rings. The first kappa shape index (κ1) is 11.4. The van der Waals surface area contributed by atoms with Crippen molar-refractivity contribution < 1.29 is 9.90 Å². The number of hydrogen-bond donors (Lipinski definition) is 1. The number of aromatic nitrogens is 3. The molecule has 0 fully saturated rings. The number of aryl methyl sites for hydroxylation is 1. The molecule has 94 valence electrons. The SMILES string of the molecule is Cc1nc2cccnc2n1-c1cccc(C(=O)O)c1. The Morgan fingerprint density at radius 1 is 1.26 bits per heavy atom. The standard InChI is InChI=1S/C14H11N3O2/c1-9-16-12-6-3-7-15-13(12)17(9)11-5-2-4-10(8-11)14(18)19/h2-8H,1H3,(H,18,19). The van der Waals surface area contributed by atoms with Crippen LogP contribution in [0.2, 0.25) is 0 Å². The molecule has 0 spiro atoms. The molecule has 5 nitrogen and oxygen atoms in total. The van der Waals surface area contributed by atoms with Crippen LogP contribution < -0.4 is 0 Å². The van der Waals surface area contributed by atoms with Crippen molar-refractivity contribution in [3.63, 3.8) is 0 Å². The molecule has 1 N–H and O–H groups in total. The van der Waals surface area contributed by atoms with E-state index in [9.17, 15) is 4.79 Å². The van der Waals surface area contributed by atoms with Gasteiger partial charge in [-0.2, -0.15) is 0 Å². The quantitative estimate of drug-likeness (QED) is 0.761. The van der Waals surface area contributed by atoms with Crippen molar-refractivity contribution in [1.82, 2.24) is 14.5 Å². The monoisotopic (exact) mass is 253 g/mol. The zero-order valence-electron chi connectivity index (χ0n) is 10.2. The van der Waals surface area contributed by atoms with Crippen molar-refractivity contribution in [2.45, 2.75) is 6.92 Å². The van der Waals surface area contributed by atoms with E-state index in [2.05, 4.69) is 9.97 Å². The predicted molar refractivity (Wildman–Crippen MR) is 70.6 cm³/mol. The summed E-state index contributed by atoms with van der Waals surface area (Å²) in [5, 5.41) is 9.05. The maximum absolute atomic E-state index is 11.0. The van der Waals surface area contributed by atoms with Crippen LogP contribution in [0.15, 0.2) is 42.6 Å². The number of pyridine rings is 1. The number of nitrogens with zero attached hydrogens (tertiary/aromatic N) is 3. The molecule has 2 aromatic heterocycles. The third kappa shape index (κ3) is 1.85. The number of carbonyl (C=O) groups is 1. The zero-order valence-corrected chi connectivity index (χ0v) is 10.2. The number of aromatic carboxylic acids is 1. The van der Waals surface area contributed by atoms with Crippen LogP contribution in [-0.4, -0.2) is 25.6 Å². The Kier molecular flexibility index (Phi) is 2.52. The molecule has 1 aromatic carbocycles. The van der Waals surface area contributed by atoms with E-state index < -0.39 is 5.97 Å². The molecule has 0 bridgehead atoms. The molecule has 0 aliphatic carbocycles. The normalized spacial score (nSPS) is 10.8. The van der Waals surface area contributed by atoms with Crippen LogP contribution in [-0.2, 0) is 0 Å². The fourth-order valence-electron chi connectivity index (χ4n) is 2.11. The van der Waals surface area contributed by atoms with E-state index in [1.165, 1.54) is 0 Å². The first-order valence-electron chi connectivity index (χ1n) is 5.80. The van der Waals surface area contributed by atoms with Crippen LogP contribution in [0.1, 0.15) is 16.2 Å². The number of rotatable bonds is 2. The van der Waals surface area contributed by atoms with Gasteiger partial charge in [0.25, 0.3) is 0 Å². The molecule has 2 heterocycles. The number of fused-ring (bicyclic) bond motifs is 1. The van der Waals surface area contributed by atoms with Crippen LogP contribution in [0.25, 0.3) is 16.9 Å². The first-order valence-corrected chi connectivity index (χ1v) is 5.80. The van der Waals surface area contributed by atoms with Gasteiger partial charge in [0.05, 0.1) is 5.56 Å². The van der Waals surface area contributed by atoms with Gasteiger partial charge in [0.1, 0.15) is 11.3 Å². The van der Waals surface area contributed by atoms with Gasteiger partial charge in [-0.05, 0) is 37.3 Å². The maximum atomic E-state index is 11.0. The molecule has 0 unspecified atom stereocenters. The molecule has 0 atom stereocenters. The summed E-state index contributed by atoms with van der Waals surface area (Å²) in [5.41, 5.74) is 2.51. The summed E-state index contributed by atoms with van der Waals surface area (Å²) in [6.45, 7) is 1.87. The van der Waals surface area contributed by atoms with Gasteiger partial charge in [-0.15, -0.1) is 0 Å². The molecule has 0 aliphatic heterocycles. The second kappa shape index (κ2) is 4.20. The smallest absolute Gasteiger partial charge is 0.335 e. The second-order valence-corrected chi connectivity index (χ2v) is 4.20. The lowest BCUT2D eigenvalue weighted by atomic mass is 10.2. The highest BCUT2D eigenvalue weighted by Crippen LogP contribution is 2.20. The van der Waals surface area contributed by atoms with Crippen molar-refractivity contribution in [1.29, 1.82) is 0 Å². The zero-order chi connectivity index (χ0) is 13.4. The number of carboxylic acid groups (broad SMARTS) is 1. The Morgan fingerprint density at radius 3 is 2.89 bits per heavy atom. The first-order chi connectivity index (χ1) is 9.16. The van der Waals surface area contributed by atoms with Crippen LogP contribution in [0, 0.1) is 6.92 Å². The van der Waals surface area contributed by atoms with E-state index in [0.29, 0.717) is 0 Å². The summed E-state index contributed by atoms with van der Waals surface area (Å²) in [6, 6.07) is 10.4. The molecule has 0 radical (unpaired) electrons. The maximum Gasteiger partial charge on any atom is 0.335 e. The highest BCUT2D eigenvalue weighted by atomic mass is 16.4. The van der Waals surface area contributed by atoms with Gasteiger partial charge in [0.2, 0.25) is 0 Å². The van der Waals surface area contributed by atoms with E-state index in [-0.39, 0.29) is 5.56 Å². The summed E-state index contributed by atoms with van der Waals surface area (Å²) in [6.07, 6.45) is 1.70. The minimum Gasteiger partial charge on any atom is -0.478 e. The molecule has 19 heavy (non-hydrogen) atoms. The summed E-state index contributed by atoms with van der Waals surface area (Å²) in [5.74, 6) is -0.173. The van der Waals surface area contributed by atoms with Gasteiger partial charge in [-0.25, -0.2) is 14.8 Å². The lowest BCUT2D eigenvalue weighted by molar-refractivity contribution is 0.0697. The van der Waals surface area contributed by atoms with Crippen LogP contribution in [0.5, 0.6) is 0 Å². The molecule has 3 rings (SSSR count). The average Bonchev–Trinajstić information content (AvgIpc) is 2.74. The largest absolute Gasteiger partial charge is 0.478 e. The molecule has 5 heteroatoms. The third-order valence-electron chi connectivity index (χ3n) is 2.94. The Hall–Kier alpha value is -2.69. The lowest BCUT2D eigenvalue weighted by Gasteiger charge is -2.06. The highest BCUT2D eigenvalue weighted by Gasteiger charge is 2.11. The lowest BCUT2D eigenvalue weighted by Crippen LogP contribution is -2.01. The Labute approximate surface area is 109 Å². The van der Waals surface area contributed by atoms with Crippen LogP contribution in [0.3, 0.4) is 0 Å². The molecule has 0 saturated carbocycles. The summed E-state index contributed by atoms with van der Waals surface area (Å²) in [4.78, 5) is 19.8. The minimum absolute atomic E-state index is 0.245. The van der Waals surface area contributed by atoms with E-state index >= 15 is 0 Å². The topological polar surface area (TPSA) is 68.0 Å². The van der Waals surface area contributed by atoms with Gasteiger partial charge in [-0.1, -0.05) is 6.07 Å². The third-order valence-corrected chi connectivity index (χ3v) is 2.94. The van der Waals surface area contributed by atoms with Crippen LogP contribution >= 0.6 is 0 Å². The summed E-state index contributed by atoms with van der Waals surface area (Å²) >= 11 is 0. The van der Waals surface area contributed by atoms with Crippen molar-refractivity contribution in [3.05, 3.63) is 54.0 Å². The second-order valence-electron chi connectivity index (χ2n) is 4.20. The van der Waals surface area contributed by atoms with Crippen LogP contribution in [0.4, 0.5) is 0 Å². The van der Waals surface area contributed by atoms with Crippen molar-refractivity contribution in [2.24, 2.45) is 0 Å². The van der Waals surface area contributed by atoms with Gasteiger partial charge >= 0.3 is 5.97 Å². The van der Waals surface area contributed by atoms with E-state index in [0.717, 1.165) is 22.7 Å². The van der Waals surface area contributed by atoms with Crippen molar-refractivity contribution in [2.75, 3.05) is 0 Å². The fraction of sp³-hybridized carbons (Fsp3) is 0.0714. The molecule has 0 amide bonds. The Balaban J connectivity index is 2.27. The molecular weight excluding hydrogens is 242 g/mol. The van der Waals surface area contributed by atoms with E-state index in [4.69, 9.17) is 5.11 Å². The number of hydrogen-bond acceptors (Lipinski definition) is 3. The van der Waals surface area contributed by atoms with Gasteiger partial charge in [0, 0.05) is 11.9 Å². The van der Waals surface area contributed by atoms with E-state index in [1.807, 2.05) is 29.7 Å². The van der Waals surface area contributed by atoms with Gasteiger partial charge in [-0.3, -0.25) is 4.57 Å². The van der Waals surface area contributed by atoms with Crippen molar-refractivity contribution >= 4 is 17.1 Å². The highest BCUT2D eigenvalue weighted by molar-refractivity contribution is 5.88.